The molecular formula is C31H23N3S. The number of hydrogen-bond acceptors (Lipinski definition) is 2. The smallest absolute Gasteiger partial charge is 0.143 e. The molecule has 3 aromatic heterocycles. The second kappa shape index (κ2) is 7.37. The Morgan fingerprint density at radius 3 is 2.57 bits per heavy atom. The van der Waals surface area contributed by atoms with Crippen LogP contribution in [0.4, 0.5) is 0 Å². The van der Waals surface area contributed by atoms with Gasteiger partial charge in [-0.2, -0.15) is 0 Å². The highest BCUT2D eigenvalue weighted by Gasteiger charge is 2.29. The van der Waals surface area contributed by atoms with Crippen LogP contribution in [0.3, 0.4) is 0 Å². The van der Waals surface area contributed by atoms with E-state index in [2.05, 4.69) is 112 Å². The molecule has 168 valence electrons. The van der Waals surface area contributed by atoms with E-state index in [0.29, 0.717) is 5.25 Å². The first-order valence-electron chi connectivity index (χ1n) is 12.3. The predicted molar refractivity (Wildman–Crippen MR) is 150 cm³/mol. The molecule has 0 radical (unpaired) electrons. The molecule has 0 saturated heterocycles. The first-order chi connectivity index (χ1) is 17.4. The van der Waals surface area contributed by atoms with Crippen molar-refractivity contribution in [3.63, 3.8) is 0 Å². The maximum absolute atomic E-state index is 5.44. The lowest BCUT2D eigenvalue weighted by molar-refractivity contribution is 0.867. The fourth-order valence-electron chi connectivity index (χ4n) is 5.91. The van der Waals surface area contributed by atoms with Gasteiger partial charge in [0.05, 0.1) is 27.3 Å². The van der Waals surface area contributed by atoms with Gasteiger partial charge in [0.25, 0.3) is 0 Å². The molecule has 5 aromatic rings. The number of hydrogen-bond donors (Lipinski definition) is 0. The molecule has 0 amide bonds. The zero-order valence-corrected chi connectivity index (χ0v) is 20.0. The molecule has 3 aliphatic rings. The average Bonchev–Trinajstić information content (AvgIpc) is 3.57. The second-order valence-electron chi connectivity index (χ2n) is 9.45. The molecule has 0 spiro atoms. The number of pyridine rings is 1. The van der Waals surface area contributed by atoms with E-state index >= 15 is 0 Å². The molecule has 2 aliphatic carbocycles. The van der Waals surface area contributed by atoms with Crippen molar-refractivity contribution < 1.29 is 0 Å². The summed E-state index contributed by atoms with van der Waals surface area (Å²) in [5, 5.41) is 4.34. The molecule has 0 saturated carbocycles. The molecule has 3 nitrogen and oxygen atoms in total. The van der Waals surface area contributed by atoms with Crippen molar-refractivity contribution >= 4 is 61.3 Å². The molecule has 4 heterocycles. The van der Waals surface area contributed by atoms with Gasteiger partial charge in [0, 0.05) is 21.9 Å². The third-order valence-corrected chi connectivity index (χ3v) is 8.82. The van der Waals surface area contributed by atoms with E-state index in [1.807, 2.05) is 11.8 Å². The summed E-state index contributed by atoms with van der Waals surface area (Å²) < 4.78 is 4.89. The maximum atomic E-state index is 5.44. The molecule has 0 fully saturated rings. The minimum absolute atomic E-state index is 0.217. The summed E-state index contributed by atoms with van der Waals surface area (Å²) in [6.07, 6.45) is 20.1. The van der Waals surface area contributed by atoms with Crippen LogP contribution in [0.1, 0.15) is 18.2 Å². The van der Waals surface area contributed by atoms with Crippen LogP contribution >= 0.6 is 11.8 Å². The highest BCUT2D eigenvalue weighted by Crippen LogP contribution is 2.46. The number of fused-ring (bicyclic) bond motifs is 7. The monoisotopic (exact) mass is 469 g/mol. The minimum Gasteiger partial charge on any atom is -0.311 e. The first-order valence-corrected chi connectivity index (χ1v) is 13.2. The molecular weight excluding hydrogens is 446 g/mol. The second-order valence-corrected chi connectivity index (χ2v) is 10.7. The van der Waals surface area contributed by atoms with E-state index in [1.165, 1.54) is 44.0 Å². The predicted octanol–water partition coefficient (Wildman–Crippen LogP) is 8.15. The number of benzene rings is 2. The van der Waals surface area contributed by atoms with E-state index in [9.17, 15) is 0 Å². The van der Waals surface area contributed by atoms with Gasteiger partial charge in [0.1, 0.15) is 11.0 Å². The van der Waals surface area contributed by atoms with Crippen molar-refractivity contribution in [3.8, 4) is 0 Å². The van der Waals surface area contributed by atoms with Crippen molar-refractivity contribution in [1.82, 2.24) is 14.1 Å². The molecule has 0 N–H and O–H groups in total. The molecule has 1 aliphatic heterocycles. The highest BCUT2D eigenvalue weighted by atomic mass is 32.2. The lowest BCUT2D eigenvalue weighted by Crippen LogP contribution is -2.03. The number of allylic oxidation sites excluding steroid dienone is 7. The highest BCUT2D eigenvalue weighted by molar-refractivity contribution is 8.00. The topological polar surface area (TPSA) is 22.8 Å². The van der Waals surface area contributed by atoms with E-state index in [1.54, 1.807) is 0 Å². The first kappa shape index (κ1) is 19.5. The number of para-hydroxylation sites is 2. The molecule has 0 bridgehead atoms. The number of nitrogens with zero attached hydrogens (tertiary/aromatic N) is 3. The van der Waals surface area contributed by atoms with Gasteiger partial charge in [0.2, 0.25) is 0 Å². The maximum Gasteiger partial charge on any atom is 0.143 e. The van der Waals surface area contributed by atoms with Gasteiger partial charge in [0.15, 0.2) is 0 Å². The quantitative estimate of drug-likeness (QED) is 0.260. The van der Waals surface area contributed by atoms with Crippen molar-refractivity contribution in [2.75, 3.05) is 0 Å². The SMILES string of the molecule is C1=CCCC(n2c3ccccc3c3nc4c(cc32)c2ccccc2n4C2C=C3C=CC=CC3S2)=C1. The number of thioether (sulfide) groups is 1. The van der Waals surface area contributed by atoms with E-state index in [0.717, 1.165) is 24.0 Å². The van der Waals surface area contributed by atoms with Crippen LogP contribution in [0, 0.1) is 0 Å². The Kier molecular flexibility index (Phi) is 4.11. The summed E-state index contributed by atoms with van der Waals surface area (Å²) in [6.45, 7) is 0. The lowest BCUT2D eigenvalue weighted by Gasteiger charge is -2.15. The molecule has 8 rings (SSSR count). The normalized spacial score (nSPS) is 21.4. The zero-order chi connectivity index (χ0) is 22.9. The zero-order valence-electron chi connectivity index (χ0n) is 19.1. The number of rotatable bonds is 2. The molecule has 2 unspecified atom stereocenters. The van der Waals surface area contributed by atoms with E-state index in [-0.39, 0.29) is 5.37 Å². The summed E-state index contributed by atoms with van der Waals surface area (Å²) in [4.78, 5) is 5.44. The van der Waals surface area contributed by atoms with Crippen LogP contribution in [-0.4, -0.2) is 19.4 Å². The minimum atomic E-state index is 0.217. The van der Waals surface area contributed by atoms with Crippen LogP contribution in [0.25, 0.3) is 49.6 Å². The Balaban J connectivity index is 1.47. The lowest BCUT2D eigenvalue weighted by atomic mass is 10.1. The van der Waals surface area contributed by atoms with Gasteiger partial charge in [-0.15, -0.1) is 11.8 Å². The Bertz CT molecular complexity index is 1840. The van der Waals surface area contributed by atoms with Gasteiger partial charge in [-0.05, 0) is 48.8 Å². The third-order valence-electron chi connectivity index (χ3n) is 7.47. The third kappa shape index (κ3) is 2.77. The molecule has 35 heavy (non-hydrogen) atoms. The molecule has 2 aromatic carbocycles. The molecule has 2 atom stereocenters. The van der Waals surface area contributed by atoms with Gasteiger partial charge in [-0.3, -0.25) is 0 Å². The standard InChI is InChI=1S/C31H23N3S/c1-2-11-21(12-3-1)33-26-16-8-6-14-23(26)30-27(33)19-24-22-13-5-7-15-25(22)34(31(24)32-30)29-18-20-10-4-9-17-28(20)35-29/h1-2,4-11,13-19,28-29H,3,12H2. The van der Waals surface area contributed by atoms with Gasteiger partial charge >= 0.3 is 0 Å². The van der Waals surface area contributed by atoms with Crippen molar-refractivity contribution in [2.45, 2.75) is 23.5 Å². The fourth-order valence-corrected chi connectivity index (χ4v) is 7.28. The van der Waals surface area contributed by atoms with E-state index < -0.39 is 0 Å². The van der Waals surface area contributed by atoms with Gasteiger partial charge in [-0.1, -0.05) is 72.9 Å². The summed E-state index contributed by atoms with van der Waals surface area (Å²) in [5.74, 6) is 0. The van der Waals surface area contributed by atoms with Crippen LogP contribution in [0.5, 0.6) is 0 Å². The van der Waals surface area contributed by atoms with Crippen molar-refractivity contribution in [1.29, 1.82) is 0 Å². The van der Waals surface area contributed by atoms with Gasteiger partial charge in [-0.25, -0.2) is 4.98 Å². The van der Waals surface area contributed by atoms with Crippen molar-refractivity contribution in [2.24, 2.45) is 0 Å². The Morgan fingerprint density at radius 2 is 1.71 bits per heavy atom. The van der Waals surface area contributed by atoms with Crippen LogP contribution in [0.15, 0.2) is 109 Å². The summed E-state index contributed by atoms with van der Waals surface area (Å²) >= 11 is 1.99. The average molecular weight is 470 g/mol. The van der Waals surface area contributed by atoms with Gasteiger partial charge < -0.3 is 9.13 Å². The summed E-state index contributed by atoms with van der Waals surface area (Å²) in [6, 6.07) is 19.9. The Labute approximate surface area is 207 Å². The molecule has 4 heteroatoms. The fraction of sp³-hybridized carbons (Fsp3) is 0.129. The Morgan fingerprint density at radius 1 is 0.857 bits per heavy atom. The van der Waals surface area contributed by atoms with Crippen LogP contribution < -0.4 is 0 Å². The van der Waals surface area contributed by atoms with Crippen LogP contribution in [0.2, 0.25) is 0 Å². The Hall–Kier alpha value is -3.76. The van der Waals surface area contributed by atoms with Crippen molar-refractivity contribution in [3.05, 3.63) is 109 Å². The van der Waals surface area contributed by atoms with Crippen LogP contribution in [-0.2, 0) is 0 Å². The van der Waals surface area contributed by atoms with E-state index in [4.69, 9.17) is 4.98 Å². The summed E-state index contributed by atoms with van der Waals surface area (Å²) in [7, 11) is 0. The number of aromatic nitrogens is 3. The largest absolute Gasteiger partial charge is 0.311 e. The summed E-state index contributed by atoms with van der Waals surface area (Å²) in [5.41, 5.74) is 8.56.